The summed E-state index contributed by atoms with van der Waals surface area (Å²) in [6.45, 7) is 2.49. The molecule has 10 atom stereocenters. The Morgan fingerprint density at radius 3 is 2.21 bits per heavy atom. The zero-order valence-electron chi connectivity index (χ0n) is 14.4. The monoisotopic (exact) mass is 409 g/mol. The van der Waals surface area contributed by atoms with Crippen LogP contribution in [0.4, 0.5) is 0 Å². The third kappa shape index (κ3) is 4.48. The van der Waals surface area contributed by atoms with Gasteiger partial charge in [0.25, 0.3) is 0 Å². The lowest BCUT2D eigenvalue weighted by molar-refractivity contribution is -0.336. The van der Waals surface area contributed by atoms with Crippen molar-refractivity contribution in [1.82, 2.24) is 5.32 Å². The van der Waals surface area contributed by atoms with E-state index in [1.165, 1.54) is 0 Å². The maximum atomic E-state index is 11.6. The fourth-order valence-corrected chi connectivity index (χ4v) is 2.94. The molecule has 0 aromatic carbocycles. The van der Waals surface area contributed by atoms with Gasteiger partial charge in [0.15, 0.2) is 18.7 Å². The molecule has 2 aliphatic rings. The van der Waals surface area contributed by atoms with Crippen LogP contribution in [0.3, 0.4) is 0 Å². The first-order valence-electron chi connectivity index (χ1n) is 8.25. The highest BCUT2D eigenvalue weighted by Crippen LogP contribution is 2.28. The Balaban J connectivity index is 2.27. The molecule has 0 saturated carbocycles. The van der Waals surface area contributed by atoms with Gasteiger partial charge in [0.1, 0.15) is 42.7 Å². The number of rotatable bonds is 6. The van der Waals surface area contributed by atoms with Crippen LogP contribution in [0.1, 0.15) is 0 Å². The second-order valence-electron chi connectivity index (χ2n) is 6.31. The number of amides is 1. The number of aliphatic hydroxyl groups excluding tert-OH is 6. The predicted molar refractivity (Wildman–Crippen MR) is 85.3 cm³/mol. The van der Waals surface area contributed by atoms with E-state index < -0.39 is 79.8 Å². The minimum absolute atomic E-state index is 0.743. The number of hydrogen-bond acceptors (Lipinski definition) is 11. The van der Waals surface area contributed by atoms with Crippen LogP contribution in [0.25, 0.3) is 0 Å². The van der Waals surface area contributed by atoms with Crippen molar-refractivity contribution in [1.29, 1.82) is 0 Å². The van der Waals surface area contributed by atoms with E-state index in [1.807, 2.05) is 0 Å². The van der Waals surface area contributed by atoms with Gasteiger partial charge in [-0.3, -0.25) is 4.79 Å². The van der Waals surface area contributed by atoms with Crippen LogP contribution in [0.15, 0.2) is 12.7 Å². The summed E-state index contributed by atoms with van der Waals surface area (Å²) in [5, 5.41) is 70.6. The highest BCUT2D eigenvalue weighted by atomic mass is 16.7. The van der Waals surface area contributed by atoms with Gasteiger partial charge in [0.05, 0.1) is 6.61 Å². The number of aliphatic hydroxyl groups is 6. The van der Waals surface area contributed by atoms with Crippen molar-refractivity contribution in [2.45, 2.75) is 61.3 Å². The van der Waals surface area contributed by atoms with Crippen LogP contribution in [-0.4, -0.2) is 116 Å². The van der Waals surface area contributed by atoms with Gasteiger partial charge >= 0.3 is 5.97 Å². The first-order chi connectivity index (χ1) is 13.1. The first kappa shape index (κ1) is 22.6. The zero-order chi connectivity index (χ0) is 21.2. The summed E-state index contributed by atoms with van der Waals surface area (Å²) in [6, 6.07) is -1.44. The van der Waals surface area contributed by atoms with Gasteiger partial charge in [-0.15, -0.1) is 0 Å². The van der Waals surface area contributed by atoms with Gasteiger partial charge < -0.3 is 55.3 Å². The smallest absolute Gasteiger partial charge is 0.335 e. The van der Waals surface area contributed by atoms with E-state index in [4.69, 9.17) is 19.3 Å². The summed E-state index contributed by atoms with van der Waals surface area (Å²) in [5.41, 5.74) is 0. The molecular formula is C15H23NO12. The molecule has 2 saturated heterocycles. The Labute approximate surface area is 158 Å². The third-order valence-electron chi connectivity index (χ3n) is 4.47. The number of carbonyl (C=O) groups is 2. The Kier molecular flexibility index (Phi) is 7.44. The SMILES string of the molecule is C=CC(=O)N[C@@H]1[C@@H](O[C@@H]2O[C@H](C(=O)O)[C@@H](O)[C@H](O)[C@H]2O)[C@@H](O)[C@@H](CO)O[C@H]1O. The number of carbonyl (C=O) groups excluding carboxylic acids is 1. The fraction of sp³-hybridized carbons (Fsp3) is 0.733. The minimum Gasteiger partial charge on any atom is -0.479 e. The van der Waals surface area contributed by atoms with E-state index in [1.54, 1.807) is 0 Å². The highest BCUT2D eigenvalue weighted by Gasteiger charge is 2.52. The maximum absolute atomic E-state index is 11.6. The molecule has 1 amide bonds. The van der Waals surface area contributed by atoms with Gasteiger partial charge in [0.2, 0.25) is 5.91 Å². The van der Waals surface area contributed by atoms with Crippen molar-refractivity contribution in [3.05, 3.63) is 12.7 Å². The number of carboxylic acid groups (broad SMARTS) is 1. The molecule has 8 N–H and O–H groups in total. The molecule has 2 rings (SSSR count). The molecular weight excluding hydrogens is 386 g/mol. The minimum atomic E-state index is -1.96. The third-order valence-corrected chi connectivity index (χ3v) is 4.47. The molecule has 2 heterocycles. The number of ether oxygens (including phenoxy) is 3. The summed E-state index contributed by atoms with van der Waals surface area (Å²) in [7, 11) is 0. The molecule has 0 spiro atoms. The second kappa shape index (κ2) is 9.21. The topological polar surface area (TPSA) is 215 Å². The normalized spacial score (nSPS) is 43.9. The summed E-state index contributed by atoms with van der Waals surface area (Å²) < 4.78 is 15.3. The van der Waals surface area contributed by atoms with Gasteiger partial charge in [-0.2, -0.15) is 0 Å². The Morgan fingerprint density at radius 2 is 1.68 bits per heavy atom. The number of hydrogen-bond donors (Lipinski definition) is 8. The summed E-state index contributed by atoms with van der Waals surface area (Å²) in [6.07, 6.45) is -15.2. The number of aliphatic carboxylic acids is 1. The van der Waals surface area contributed by atoms with Crippen LogP contribution < -0.4 is 5.32 Å². The van der Waals surface area contributed by atoms with Crippen LogP contribution in [-0.2, 0) is 23.8 Å². The zero-order valence-corrected chi connectivity index (χ0v) is 14.4. The lowest BCUT2D eigenvalue weighted by Gasteiger charge is -2.46. The number of carboxylic acids is 1. The van der Waals surface area contributed by atoms with Crippen molar-refractivity contribution >= 4 is 11.9 Å². The Hall–Kier alpha value is -1.68. The standard InChI is InChI=1S/C15H23NO12/c1-2-5(18)16-6-11(7(19)4(3-17)26-14(6)25)27-15-10(22)8(20)9(21)12(28-15)13(23)24/h2,4,6-12,14-15,17,19-22,25H,1,3H2,(H,16,18)(H,23,24)/t4-,6-,7+,8+,9+,10-,11-,12+,14-,15-/m1/s1. The van der Waals surface area contributed by atoms with Gasteiger partial charge in [-0.05, 0) is 6.08 Å². The second-order valence-corrected chi connectivity index (χ2v) is 6.31. The van der Waals surface area contributed by atoms with Gasteiger partial charge in [-0.25, -0.2) is 4.79 Å². The quantitative estimate of drug-likeness (QED) is 0.194. The van der Waals surface area contributed by atoms with Gasteiger partial charge in [-0.1, -0.05) is 6.58 Å². The lowest BCUT2D eigenvalue weighted by Crippen LogP contribution is -2.67. The van der Waals surface area contributed by atoms with E-state index in [2.05, 4.69) is 11.9 Å². The van der Waals surface area contributed by atoms with Gasteiger partial charge in [0, 0.05) is 0 Å². The lowest BCUT2D eigenvalue weighted by atomic mass is 9.95. The van der Waals surface area contributed by atoms with Crippen molar-refractivity contribution in [3.8, 4) is 0 Å². The summed E-state index contributed by atoms with van der Waals surface area (Å²) >= 11 is 0. The average molecular weight is 409 g/mol. The van der Waals surface area contributed by atoms with Crippen molar-refractivity contribution in [2.24, 2.45) is 0 Å². The first-order valence-corrected chi connectivity index (χ1v) is 8.25. The molecule has 13 nitrogen and oxygen atoms in total. The van der Waals surface area contributed by atoms with E-state index >= 15 is 0 Å². The molecule has 0 aliphatic carbocycles. The van der Waals surface area contributed by atoms with E-state index in [0.29, 0.717) is 0 Å². The predicted octanol–water partition coefficient (Wildman–Crippen LogP) is -4.99. The number of nitrogens with one attached hydrogen (secondary N) is 1. The van der Waals surface area contributed by atoms with E-state index in [0.717, 1.165) is 6.08 Å². The molecule has 0 radical (unpaired) electrons. The van der Waals surface area contributed by atoms with Crippen molar-refractivity contribution < 1.29 is 59.5 Å². The Morgan fingerprint density at radius 1 is 1.04 bits per heavy atom. The largest absolute Gasteiger partial charge is 0.479 e. The van der Waals surface area contributed by atoms with Crippen LogP contribution >= 0.6 is 0 Å². The fourth-order valence-electron chi connectivity index (χ4n) is 2.94. The molecule has 0 aromatic heterocycles. The van der Waals surface area contributed by atoms with Crippen molar-refractivity contribution in [2.75, 3.05) is 6.61 Å². The average Bonchev–Trinajstić information content (AvgIpc) is 2.66. The van der Waals surface area contributed by atoms with Crippen LogP contribution in [0.5, 0.6) is 0 Å². The summed E-state index contributed by atoms with van der Waals surface area (Å²) in [4.78, 5) is 22.8. The molecule has 2 aliphatic heterocycles. The molecule has 0 aromatic rings. The molecule has 2 fully saturated rings. The van der Waals surface area contributed by atoms with Crippen LogP contribution in [0, 0.1) is 0 Å². The molecule has 160 valence electrons. The van der Waals surface area contributed by atoms with Crippen LogP contribution in [0.2, 0.25) is 0 Å². The Bertz CT molecular complexity index is 587. The highest BCUT2D eigenvalue weighted by molar-refractivity contribution is 5.87. The van der Waals surface area contributed by atoms with E-state index in [9.17, 15) is 40.2 Å². The van der Waals surface area contributed by atoms with E-state index in [-0.39, 0.29) is 0 Å². The summed E-state index contributed by atoms with van der Waals surface area (Å²) in [5.74, 6) is -2.43. The molecule has 0 unspecified atom stereocenters. The maximum Gasteiger partial charge on any atom is 0.335 e. The molecule has 28 heavy (non-hydrogen) atoms. The molecule has 0 bridgehead atoms. The van der Waals surface area contributed by atoms with Crippen molar-refractivity contribution in [3.63, 3.8) is 0 Å². The molecule has 13 heteroatoms.